The van der Waals surface area contributed by atoms with Crippen molar-refractivity contribution in [2.45, 2.75) is 12.8 Å². The molecule has 1 fully saturated rings. The van der Waals surface area contributed by atoms with E-state index in [-0.39, 0.29) is 11.1 Å². The van der Waals surface area contributed by atoms with Crippen molar-refractivity contribution in [1.82, 2.24) is 15.3 Å². The van der Waals surface area contributed by atoms with Crippen LogP contribution in [0, 0.1) is 11.7 Å². The Hall–Kier alpha value is -1.75. The number of halogens is 1. The van der Waals surface area contributed by atoms with Crippen LogP contribution in [0.15, 0.2) is 23.0 Å². The first-order valence-electron chi connectivity index (χ1n) is 6.12. The Labute approximate surface area is 103 Å². The minimum absolute atomic E-state index is 0.169. The van der Waals surface area contributed by atoms with E-state index in [1.807, 2.05) is 0 Å². The van der Waals surface area contributed by atoms with E-state index in [2.05, 4.69) is 15.3 Å². The molecule has 1 aliphatic heterocycles. The molecule has 1 aromatic heterocycles. The number of para-hydroxylation sites is 1. The predicted octanol–water partition coefficient (Wildman–Crippen LogP) is 1.21. The average Bonchev–Trinajstić information content (AvgIpc) is 2.83. The van der Waals surface area contributed by atoms with Gasteiger partial charge < -0.3 is 10.3 Å². The molecule has 4 nitrogen and oxygen atoms in total. The Balaban J connectivity index is 2.03. The van der Waals surface area contributed by atoms with E-state index >= 15 is 0 Å². The molecule has 0 saturated carbocycles. The summed E-state index contributed by atoms with van der Waals surface area (Å²) in [5, 5.41) is 3.57. The molecule has 0 radical (unpaired) electrons. The smallest absolute Gasteiger partial charge is 0.258 e. The minimum Gasteiger partial charge on any atom is -0.316 e. The van der Waals surface area contributed by atoms with Crippen molar-refractivity contribution < 1.29 is 4.39 Å². The molecule has 2 heterocycles. The van der Waals surface area contributed by atoms with Crippen molar-refractivity contribution >= 4 is 10.9 Å². The summed E-state index contributed by atoms with van der Waals surface area (Å²) in [5.41, 5.74) is -0.0948. The zero-order chi connectivity index (χ0) is 12.5. The van der Waals surface area contributed by atoms with Crippen LogP contribution in [0.25, 0.3) is 10.9 Å². The summed E-state index contributed by atoms with van der Waals surface area (Å²) in [6.45, 7) is 1.93. The van der Waals surface area contributed by atoms with Crippen LogP contribution in [0.2, 0.25) is 0 Å². The van der Waals surface area contributed by atoms with Crippen molar-refractivity contribution in [3.05, 3.63) is 40.2 Å². The van der Waals surface area contributed by atoms with Gasteiger partial charge in [0.15, 0.2) is 0 Å². The number of hydrogen-bond donors (Lipinski definition) is 2. The van der Waals surface area contributed by atoms with Crippen LogP contribution in [0.3, 0.4) is 0 Å². The molecule has 1 atom stereocenters. The van der Waals surface area contributed by atoms with Crippen LogP contribution < -0.4 is 10.9 Å². The molecule has 0 bridgehead atoms. The molecule has 1 aliphatic rings. The summed E-state index contributed by atoms with van der Waals surface area (Å²) < 4.78 is 13.6. The molecule has 0 spiro atoms. The van der Waals surface area contributed by atoms with Gasteiger partial charge >= 0.3 is 0 Å². The summed E-state index contributed by atoms with van der Waals surface area (Å²) in [6.07, 6.45) is 1.76. The van der Waals surface area contributed by atoms with E-state index in [0.29, 0.717) is 23.5 Å². The van der Waals surface area contributed by atoms with Gasteiger partial charge in [-0.15, -0.1) is 0 Å². The third-order valence-electron chi connectivity index (χ3n) is 3.38. The molecule has 3 rings (SSSR count). The van der Waals surface area contributed by atoms with Gasteiger partial charge in [0.25, 0.3) is 5.56 Å². The lowest BCUT2D eigenvalue weighted by molar-refractivity contribution is 0.560. The highest BCUT2D eigenvalue weighted by Gasteiger charge is 2.17. The minimum atomic E-state index is -0.440. The number of rotatable bonds is 2. The van der Waals surface area contributed by atoms with Crippen molar-refractivity contribution in [3.8, 4) is 0 Å². The maximum Gasteiger partial charge on any atom is 0.258 e. The summed E-state index contributed by atoms with van der Waals surface area (Å²) in [6, 6.07) is 4.44. The first-order valence-corrected chi connectivity index (χ1v) is 6.12. The first-order chi connectivity index (χ1) is 8.74. The van der Waals surface area contributed by atoms with Crippen LogP contribution >= 0.6 is 0 Å². The normalized spacial score (nSPS) is 19.5. The second-order valence-electron chi connectivity index (χ2n) is 4.71. The second-order valence-corrected chi connectivity index (χ2v) is 4.71. The van der Waals surface area contributed by atoms with Gasteiger partial charge in [0, 0.05) is 6.42 Å². The highest BCUT2D eigenvalue weighted by Crippen LogP contribution is 2.15. The number of H-pyrrole nitrogens is 1. The predicted molar refractivity (Wildman–Crippen MR) is 67.0 cm³/mol. The lowest BCUT2D eigenvalue weighted by Crippen LogP contribution is -2.17. The maximum atomic E-state index is 13.6. The molecular weight excluding hydrogens is 233 g/mol. The van der Waals surface area contributed by atoms with E-state index in [9.17, 15) is 9.18 Å². The van der Waals surface area contributed by atoms with E-state index < -0.39 is 5.82 Å². The Kier molecular flexibility index (Phi) is 2.83. The fourth-order valence-corrected chi connectivity index (χ4v) is 2.43. The number of benzene rings is 1. The lowest BCUT2D eigenvalue weighted by atomic mass is 10.0. The average molecular weight is 247 g/mol. The number of nitrogens with zero attached hydrogens (tertiary/aromatic N) is 1. The highest BCUT2D eigenvalue weighted by molar-refractivity contribution is 5.77. The van der Waals surface area contributed by atoms with E-state index in [1.165, 1.54) is 12.1 Å². The Bertz CT molecular complexity index is 632. The van der Waals surface area contributed by atoms with E-state index in [1.54, 1.807) is 6.07 Å². The van der Waals surface area contributed by atoms with Crippen molar-refractivity contribution in [1.29, 1.82) is 0 Å². The molecule has 0 amide bonds. The summed E-state index contributed by atoms with van der Waals surface area (Å²) in [5.74, 6) is 0.605. The molecule has 1 aromatic carbocycles. The number of aromatic nitrogens is 2. The van der Waals surface area contributed by atoms with Crippen molar-refractivity contribution in [2.24, 2.45) is 5.92 Å². The SMILES string of the molecule is O=c1[nH]c(CC2CCNC2)nc2c(F)cccc12. The van der Waals surface area contributed by atoms with Gasteiger partial charge in [-0.3, -0.25) is 4.79 Å². The topological polar surface area (TPSA) is 57.8 Å². The van der Waals surface area contributed by atoms with Gasteiger partial charge in [-0.25, -0.2) is 9.37 Å². The van der Waals surface area contributed by atoms with Crippen LogP contribution in [0.5, 0.6) is 0 Å². The van der Waals surface area contributed by atoms with Gasteiger partial charge in [-0.2, -0.15) is 0 Å². The Morgan fingerprint density at radius 3 is 3.11 bits per heavy atom. The molecule has 0 aliphatic carbocycles. The second kappa shape index (κ2) is 4.49. The fraction of sp³-hybridized carbons (Fsp3) is 0.385. The maximum absolute atomic E-state index is 13.6. The van der Waals surface area contributed by atoms with Crippen LogP contribution in [0.4, 0.5) is 4.39 Å². The lowest BCUT2D eigenvalue weighted by Gasteiger charge is -2.08. The third-order valence-corrected chi connectivity index (χ3v) is 3.38. The Morgan fingerprint density at radius 2 is 2.33 bits per heavy atom. The third kappa shape index (κ3) is 2.01. The number of aromatic amines is 1. The van der Waals surface area contributed by atoms with Gasteiger partial charge in [-0.05, 0) is 37.6 Å². The van der Waals surface area contributed by atoms with Gasteiger partial charge in [0.1, 0.15) is 17.2 Å². The standard InChI is InChI=1S/C13H14FN3O/c14-10-3-1-2-9-12(10)16-11(17-13(9)18)6-8-4-5-15-7-8/h1-3,8,15H,4-7H2,(H,16,17,18). The van der Waals surface area contributed by atoms with Gasteiger partial charge in [0.05, 0.1) is 5.39 Å². The van der Waals surface area contributed by atoms with Crippen LogP contribution in [0.1, 0.15) is 12.2 Å². The molecule has 1 unspecified atom stereocenters. The number of hydrogen-bond acceptors (Lipinski definition) is 3. The molecule has 2 N–H and O–H groups in total. The molecule has 2 aromatic rings. The highest BCUT2D eigenvalue weighted by atomic mass is 19.1. The van der Waals surface area contributed by atoms with Crippen molar-refractivity contribution in [3.63, 3.8) is 0 Å². The largest absolute Gasteiger partial charge is 0.316 e. The van der Waals surface area contributed by atoms with Crippen LogP contribution in [-0.4, -0.2) is 23.1 Å². The van der Waals surface area contributed by atoms with Crippen LogP contribution in [-0.2, 0) is 6.42 Å². The zero-order valence-corrected chi connectivity index (χ0v) is 9.87. The molecular formula is C13H14FN3O. The van der Waals surface area contributed by atoms with E-state index in [0.717, 1.165) is 19.5 Å². The molecule has 5 heteroatoms. The summed E-state index contributed by atoms with van der Waals surface area (Å²) in [7, 11) is 0. The number of fused-ring (bicyclic) bond motifs is 1. The van der Waals surface area contributed by atoms with Gasteiger partial charge in [-0.1, -0.05) is 6.07 Å². The first kappa shape index (κ1) is 11.3. The number of nitrogens with one attached hydrogen (secondary N) is 2. The quantitative estimate of drug-likeness (QED) is 0.838. The monoisotopic (exact) mass is 247 g/mol. The Morgan fingerprint density at radius 1 is 1.44 bits per heavy atom. The summed E-state index contributed by atoms with van der Waals surface area (Å²) in [4.78, 5) is 18.8. The molecule has 18 heavy (non-hydrogen) atoms. The van der Waals surface area contributed by atoms with Crippen molar-refractivity contribution in [2.75, 3.05) is 13.1 Å². The van der Waals surface area contributed by atoms with Gasteiger partial charge in [0.2, 0.25) is 0 Å². The van der Waals surface area contributed by atoms with E-state index in [4.69, 9.17) is 0 Å². The fourth-order valence-electron chi connectivity index (χ4n) is 2.43. The summed E-state index contributed by atoms with van der Waals surface area (Å²) >= 11 is 0. The molecule has 1 saturated heterocycles. The zero-order valence-electron chi connectivity index (χ0n) is 9.87. The molecule has 94 valence electrons.